The molecular formula is C13H18O3S. The highest BCUT2D eigenvalue weighted by Gasteiger charge is 2.10. The molecule has 0 radical (unpaired) electrons. The minimum atomic E-state index is -3.39. The standard InChI is InChI=1S/C13H18O3S/c1-2-3-4-8-11-17(14,15)16-12-13-9-6-5-7-10-13/h2,5-7,9-10H,1,3-4,8,11-12H2. The van der Waals surface area contributed by atoms with Crippen molar-refractivity contribution < 1.29 is 12.6 Å². The molecule has 0 aliphatic heterocycles. The molecule has 0 bridgehead atoms. The van der Waals surface area contributed by atoms with Gasteiger partial charge in [-0.2, -0.15) is 8.42 Å². The van der Waals surface area contributed by atoms with Crippen LogP contribution in [0.2, 0.25) is 0 Å². The summed E-state index contributed by atoms with van der Waals surface area (Å²) in [4.78, 5) is 0. The lowest BCUT2D eigenvalue weighted by molar-refractivity contribution is 0.307. The van der Waals surface area contributed by atoms with Gasteiger partial charge in [-0.05, 0) is 24.8 Å². The molecule has 0 heterocycles. The lowest BCUT2D eigenvalue weighted by Crippen LogP contribution is -2.10. The van der Waals surface area contributed by atoms with Gasteiger partial charge in [-0.3, -0.25) is 4.18 Å². The molecule has 0 fully saturated rings. The summed E-state index contributed by atoms with van der Waals surface area (Å²) in [5.41, 5.74) is 0.863. The van der Waals surface area contributed by atoms with E-state index >= 15 is 0 Å². The first-order valence-electron chi connectivity index (χ1n) is 5.66. The van der Waals surface area contributed by atoms with Crippen molar-refractivity contribution in [1.29, 1.82) is 0 Å². The van der Waals surface area contributed by atoms with Crippen LogP contribution in [0.3, 0.4) is 0 Å². The lowest BCUT2D eigenvalue weighted by atomic mass is 10.2. The second-order valence-electron chi connectivity index (χ2n) is 3.79. The normalized spacial score (nSPS) is 11.3. The predicted molar refractivity (Wildman–Crippen MR) is 69.1 cm³/mol. The fourth-order valence-electron chi connectivity index (χ4n) is 1.36. The van der Waals surface area contributed by atoms with Crippen LogP contribution in [-0.4, -0.2) is 14.2 Å². The maximum Gasteiger partial charge on any atom is 0.267 e. The van der Waals surface area contributed by atoms with Gasteiger partial charge in [-0.25, -0.2) is 0 Å². The van der Waals surface area contributed by atoms with Gasteiger partial charge >= 0.3 is 0 Å². The van der Waals surface area contributed by atoms with E-state index in [0.717, 1.165) is 18.4 Å². The molecule has 0 amide bonds. The first kappa shape index (κ1) is 13.9. The Kier molecular flexibility index (Phi) is 5.94. The topological polar surface area (TPSA) is 43.4 Å². The largest absolute Gasteiger partial charge is 0.267 e. The van der Waals surface area contributed by atoms with Crippen LogP contribution >= 0.6 is 0 Å². The summed E-state index contributed by atoms with van der Waals surface area (Å²) >= 11 is 0. The monoisotopic (exact) mass is 254 g/mol. The van der Waals surface area contributed by atoms with Crippen molar-refractivity contribution in [3.05, 3.63) is 48.6 Å². The fourth-order valence-corrected chi connectivity index (χ4v) is 2.35. The van der Waals surface area contributed by atoms with Crippen LogP contribution in [0.5, 0.6) is 0 Å². The van der Waals surface area contributed by atoms with E-state index in [1.165, 1.54) is 0 Å². The van der Waals surface area contributed by atoms with Gasteiger partial charge in [0.05, 0.1) is 12.4 Å². The Morgan fingerprint density at radius 1 is 1.18 bits per heavy atom. The third-order valence-corrected chi connectivity index (χ3v) is 3.57. The highest BCUT2D eigenvalue weighted by molar-refractivity contribution is 7.86. The van der Waals surface area contributed by atoms with Crippen LogP contribution in [0, 0.1) is 0 Å². The molecule has 17 heavy (non-hydrogen) atoms. The molecule has 4 heteroatoms. The van der Waals surface area contributed by atoms with Gasteiger partial charge in [0, 0.05) is 0 Å². The molecule has 0 aliphatic carbocycles. The zero-order valence-electron chi connectivity index (χ0n) is 9.84. The molecule has 1 aromatic rings. The third-order valence-electron chi connectivity index (χ3n) is 2.30. The molecular weight excluding hydrogens is 236 g/mol. The highest BCUT2D eigenvalue weighted by Crippen LogP contribution is 2.07. The average molecular weight is 254 g/mol. The number of rotatable bonds is 8. The van der Waals surface area contributed by atoms with Gasteiger partial charge < -0.3 is 0 Å². The molecule has 1 aromatic carbocycles. The van der Waals surface area contributed by atoms with Crippen molar-refractivity contribution in [3.8, 4) is 0 Å². The zero-order chi connectivity index (χ0) is 12.6. The van der Waals surface area contributed by atoms with Crippen molar-refractivity contribution in [2.24, 2.45) is 0 Å². The Bertz CT molecular complexity index is 423. The minimum Gasteiger partial charge on any atom is -0.265 e. The number of allylic oxidation sites excluding steroid dienone is 1. The molecule has 0 spiro atoms. The predicted octanol–water partition coefficient (Wildman–Crippen LogP) is 2.89. The van der Waals surface area contributed by atoms with Crippen molar-refractivity contribution in [1.82, 2.24) is 0 Å². The van der Waals surface area contributed by atoms with Crippen LogP contribution in [0.4, 0.5) is 0 Å². The van der Waals surface area contributed by atoms with Gasteiger partial charge in [0.25, 0.3) is 10.1 Å². The van der Waals surface area contributed by atoms with Crippen molar-refractivity contribution >= 4 is 10.1 Å². The number of unbranched alkanes of at least 4 members (excludes halogenated alkanes) is 2. The highest BCUT2D eigenvalue weighted by atomic mass is 32.2. The lowest BCUT2D eigenvalue weighted by Gasteiger charge is -2.05. The maximum absolute atomic E-state index is 11.5. The maximum atomic E-state index is 11.5. The number of benzene rings is 1. The summed E-state index contributed by atoms with van der Waals surface area (Å²) in [5.74, 6) is 0.0771. The summed E-state index contributed by atoms with van der Waals surface area (Å²) < 4.78 is 28.0. The van der Waals surface area contributed by atoms with Crippen molar-refractivity contribution in [3.63, 3.8) is 0 Å². The smallest absolute Gasteiger partial charge is 0.265 e. The van der Waals surface area contributed by atoms with Gasteiger partial charge in [0.15, 0.2) is 0 Å². The molecule has 0 atom stereocenters. The summed E-state index contributed by atoms with van der Waals surface area (Å²) in [7, 11) is -3.39. The average Bonchev–Trinajstić information content (AvgIpc) is 2.34. The van der Waals surface area contributed by atoms with Gasteiger partial charge in [-0.1, -0.05) is 36.4 Å². The second kappa shape index (κ2) is 7.25. The molecule has 1 rings (SSSR count). The van der Waals surface area contributed by atoms with E-state index in [0.29, 0.717) is 6.42 Å². The molecule has 94 valence electrons. The van der Waals surface area contributed by atoms with E-state index in [9.17, 15) is 8.42 Å². The van der Waals surface area contributed by atoms with Crippen molar-refractivity contribution in [2.45, 2.75) is 25.9 Å². The number of hydrogen-bond acceptors (Lipinski definition) is 3. The Morgan fingerprint density at radius 3 is 2.53 bits per heavy atom. The molecule has 0 N–H and O–H groups in total. The summed E-state index contributed by atoms with van der Waals surface area (Å²) in [6.07, 6.45) is 4.08. The summed E-state index contributed by atoms with van der Waals surface area (Å²) in [6.45, 7) is 3.71. The van der Waals surface area contributed by atoms with E-state index in [1.807, 2.05) is 30.3 Å². The quantitative estimate of drug-likeness (QED) is 0.407. The molecule has 3 nitrogen and oxygen atoms in total. The Hall–Kier alpha value is -1.13. The van der Waals surface area contributed by atoms with Crippen LogP contribution in [0.25, 0.3) is 0 Å². The van der Waals surface area contributed by atoms with Gasteiger partial charge in [-0.15, -0.1) is 6.58 Å². The van der Waals surface area contributed by atoms with Crippen molar-refractivity contribution in [2.75, 3.05) is 5.75 Å². The fraction of sp³-hybridized carbons (Fsp3) is 0.385. The molecule has 0 saturated carbocycles. The van der Waals surface area contributed by atoms with Gasteiger partial charge in [0.1, 0.15) is 0 Å². The first-order valence-corrected chi connectivity index (χ1v) is 7.24. The minimum absolute atomic E-state index is 0.0771. The van der Waals surface area contributed by atoms with E-state index in [2.05, 4.69) is 6.58 Å². The Labute approximate surface area is 103 Å². The molecule has 0 aliphatic rings. The molecule has 0 aromatic heterocycles. The second-order valence-corrected chi connectivity index (χ2v) is 5.55. The Morgan fingerprint density at radius 2 is 1.88 bits per heavy atom. The number of hydrogen-bond donors (Lipinski definition) is 0. The van der Waals surface area contributed by atoms with Crippen LogP contribution in [-0.2, 0) is 20.9 Å². The first-order chi connectivity index (χ1) is 8.14. The van der Waals surface area contributed by atoms with E-state index in [1.54, 1.807) is 6.08 Å². The molecule has 0 unspecified atom stereocenters. The van der Waals surface area contributed by atoms with E-state index in [4.69, 9.17) is 4.18 Å². The SMILES string of the molecule is C=CCCCCS(=O)(=O)OCc1ccccc1. The van der Waals surface area contributed by atoms with Crippen LogP contribution in [0.15, 0.2) is 43.0 Å². The van der Waals surface area contributed by atoms with Crippen LogP contribution < -0.4 is 0 Å². The summed E-state index contributed by atoms with van der Waals surface area (Å²) in [5, 5.41) is 0. The van der Waals surface area contributed by atoms with E-state index in [-0.39, 0.29) is 12.4 Å². The Balaban J connectivity index is 2.32. The molecule has 0 saturated heterocycles. The van der Waals surface area contributed by atoms with Crippen LogP contribution in [0.1, 0.15) is 24.8 Å². The zero-order valence-corrected chi connectivity index (χ0v) is 10.7. The summed E-state index contributed by atoms with van der Waals surface area (Å²) in [6, 6.07) is 9.28. The van der Waals surface area contributed by atoms with E-state index < -0.39 is 10.1 Å². The van der Waals surface area contributed by atoms with Gasteiger partial charge in [0.2, 0.25) is 0 Å². The third kappa shape index (κ3) is 6.24.